The molecule has 1 aromatic heterocycles. The van der Waals surface area contributed by atoms with E-state index < -0.39 is 17.8 Å². The van der Waals surface area contributed by atoms with E-state index in [0.29, 0.717) is 6.54 Å². The number of nitrogens with one attached hydrogen (secondary N) is 1. The van der Waals surface area contributed by atoms with Gasteiger partial charge in [-0.2, -0.15) is 18.2 Å². The molecule has 3 N–H and O–H groups in total. The molecule has 1 rings (SSSR count). The fourth-order valence-corrected chi connectivity index (χ4v) is 1.37. The Morgan fingerprint density at radius 2 is 2.11 bits per heavy atom. The highest BCUT2D eigenvalue weighted by atomic mass is 19.4. The summed E-state index contributed by atoms with van der Waals surface area (Å²) in [5.74, 6) is -0.862. The number of nitrogens with two attached hydrogens (primary N) is 1. The van der Waals surface area contributed by atoms with Crippen molar-refractivity contribution in [1.82, 2.24) is 15.3 Å². The zero-order valence-corrected chi connectivity index (χ0v) is 10.5. The van der Waals surface area contributed by atoms with Crippen molar-refractivity contribution in [2.24, 2.45) is 0 Å². The average molecular weight is 277 g/mol. The second-order valence-electron chi connectivity index (χ2n) is 3.65. The lowest BCUT2D eigenvalue weighted by molar-refractivity contribution is -0.141. The van der Waals surface area contributed by atoms with E-state index in [1.54, 1.807) is 6.92 Å². The Bertz CT molecular complexity index is 463. The third-order valence-electron chi connectivity index (χ3n) is 2.34. The number of carbonyl (C=O) groups is 1. The molecule has 0 radical (unpaired) electrons. The fraction of sp³-hybridized carbons (Fsp3) is 0.500. The number of likely N-dealkylation sites (N-methyl/N-ethyl adjacent to an activating group) is 2. The van der Waals surface area contributed by atoms with Crippen LogP contribution in [-0.4, -0.2) is 36.0 Å². The molecule has 0 fully saturated rings. The molecular formula is C10H14F3N5O. The summed E-state index contributed by atoms with van der Waals surface area (Å²) >= 11 is 0. The number of alkyl halides is 3. The van der Waals surface area contributed by atoms with E-state index in [4.69, 9.17) is 5.73 Å². The van der Waals surface area contributed by atoms with Crippen LogP contribution in [0.25, 0.3) is 0 Å². The Balaban J connectivity index is 3.10. The summed E-state index contributed by atoms with van der Waals surface area (Å²) in [7, 11) is 1.44. The van der Waals surface area contributed by atoms with Crippen LogP contribution in [0.2, 0.25) is 0 Å². The molecule has 0 bridgehead atoms. The molecule has 1 amide bonds. The molecule has 19 heavy (non-hydrogen) atoms. The number of nitrogens with zero attached hydrogens (tertiary/aromatic N) is 3. The van der Waals surface area contributed by atoms with E-state index in [0.717, 1.165) is 6.07 Å². The molecular weight excluding hydrogens is 263 g/mol. The molecule has 0 aliphatic heterocycles. The molecule has 0 aromatic carbocycles. The molecule has 0 saturated heterocycles. The van der Waals surface area contributed by atoms with Crippen molar-refractivity contribution in [1.29, 1.82) is 0 Å². The van der Waals surface area contributed by atoms with Gasteiger partial charge in [-0.1, -0.05) is 0 Å². The number of amides is 1. The molecule has 0 saturated carbocycles. The lowest BCUT2D eigenvalue weighted by atomic mass is 10.3. The van der Waals surface area contributed by atoms with Gasteiger partial charge in [0.1, 0.15) is 5.82 Å². The summed E-state index contributed by atoms with van der Waals surface area (Å²) in [6, 6.07) is 0.767. The van der Waals surface area contributed by atoms with Gasteiger partial charge in [-0.15, -0.1) is 0 Å². The quantitative estimate of drug-likeness (QED) is 0.844. The first-order chi connectivity index (χ1) is 8.77. The summed E-state index contributed by atoms with van der Waals surface area (Å²) < 4.78 is 37.8. The second kappa shape index (κ2) is 5.72. The lowest BCUT2D eigenvalue weighted by Gasteiger charge is -2.21. The van der Waals surface area contributed by atoms with Crippen LogP contribution in [-0.2, 0) is 11.0 Å². The highest BCUT2D eigenvalue weighted by molar-refractivity contribution is 5.80. The molecule has 106 valence electrons. The standard InChI is InChI=1S/C10H14F3N5O/c1-3-18(5-8(19)15-2)7-4-6(10(11,12)13)16-9(14)17-7/h4H,3,5H2,1-2H3,(H,15,19)(H2,14,16,17). The van der Waals surface area contributed by atoms with Crippen LogP contribution in [0.3, 0.4) is 0 Å². The Labute approximate surface area is 107 Å². The Hall–Kier alpha value is -2.06. The van der Waals surface area contributed by atoms with Crippen LogP contribution in [0.15, 0.2) is 6.07 Å². The molecule has 0 spiro atoms. The summed E-state index contributed by atoms with van der Waals surface area (Å²) in [6.07, 6.45) is -4.61. The summed E-state index contributed by atoms with van der Waals surface area (Å²) in [6.45, 7) is 1.89. The van der Waals surface area contributed by atoms with Gasteiger partial charge < -0.3 is 16.0 Å². The van der Waals surface area contributed by atoms with Gasteiger partial charge in [-0.25, -0.2) is 4.98 Å². The van der Waals surface area contributed by atoms with Gasteiger partial charge in [0, 0.05) is 19.7 Å². The molecule has 0 aliphatic rings. The third-order valence-corrected chi connectivity index (χ3v) is 2.34. The smallest absolute Gasteiger partial charge is 0.368 e. The number of hydrogen-bond acceptors (Lipinski definition) is 5. The Morgan fingerprint density at radius 1 is 1.47 bits per heavy atom. The Morgan fingerprint density at radius 3 is 2.58 bits per heavy atom. The highest BCUT2D eigenvalue weighted by Crippen LogP contribution is 2.30. The van der Waals surface area contributed by atoms with Gasteiger partial charge in [-0.05, 0) is 6.92 Å². The molecule has 0 atom stereocenters. The van der Waals surface area contributed by atoms with Crippen LogP contribution >= 0.6 is 0 Å². The molecule has 0 unspecified atom stereocenters. The second-order valence-corrected chi connectivity index (χ2v) is 3.65. The SMILES string of the molecule is CCN(CC(=O)NC)c1cc(C(F)(F)F)nc(N)n1. The van der Waals surface area contributed by atoms with Crippen molar-refractivity contribution < 1.29 is 18.0 Å². The predicted molar refractivity (Wildman–Crippen MR) is 63.4 cm³/mol. The molecule has 0 aliphatic carbocycles. The van der Waals surface area contributed by atoms with E-state index in [1.165, 1.54) is 11.9 Å². The van der Waals surface area contributed by atoms with Gasteiger partial charge in [0.25, 0.3) is 0 Å². The van der Waals surface area contributed by atoms with Crippen molar-refractivity contribution >= 4 is 17.7 Å². The fourth-order valence-electron chi connectivity index (χ4n) is 1.37. The third kappa shape index (κ3) is 3.97. The van der Waals surface area contributed by atoms with Gasteiger partial charge in [0.2, 0.25) is 11.9 Å². The maximum atomic E-state index is 12.6. The van der Waals surface area contributed by atoms with Crippen LogP contribution in [0.4, 0.5) is 24.9 Å². The normalized spacial score (nSPS) is 11.2. The summed E-state index contributed by atoms with van der Waals surface area (Å²) in [4.78, 5) is 19.5. The van der Waals surface area contributed by atoms with Crippen molar-refractivity contribution in [3.63, 3.8) is 0 Å². The van der Waals surface area contributed by atoms with Crippen LogP contribution in [0.1, 0.15) is 12.6 Å². The minimum absolute atomic E-state index is 0.0362. The molecule has 1 heterocycles. The van der Waals surface area contributed by atoms with E-state index in [-0.39, 0.29) is 18.3 Å². The number of aromatic nitrogens is 2. The topological polar surface area (TPSA) is 84.1 Å². The van der Waals surface area contributed by atoms with E-state index in [2.05, 4.69) is 15.3 Å². The Kier molecular flexibility index (Phi) is 4.52. The number of halogens is 3. The van der Waals surface area contributed by atoms with Crippen molar-refractivity contribution in [3.8, 4) is 0 Å². The monoisotopic (exact) mass is 277 g/mol. The number of carbonyl (C=O) groups excluding carboxylic acids is 1. The number of nitrogen functional groups attached to an aromatic ring is 1. The largest absolute Gasteiger partial charge is 0.433 e. The van der Waals surface area contributed by atoms with E-state index >= 15 is 0 Å². The zero-order valence-electron chi connectivity index (χ0n) is 10.5. The first kappa shape index (κ1) is 15.0. The first-order valence-corrected chi connectivity index (χ1v) is 5.45. The van der Waals surface area contributed by atoms with Gasteiger partial charge in [0.05, 0.1) is 6.54 Å². The average Bonchev–Trinajstić information content (AvgIpc) is 2.33. The number of hydrogen-bond donors (Lipinski definition) is 2. The maximum Gasteiger partial charge on any atom is 0.433 e. The minimum Gasteiger partial charge on any atom is -0.368 e. The molecule has 9 heteroatoms. The van der Waals surface area contributed by atoms with Crippen LogP contribution in [0.5, 0.6) is 0 Å². The predicted octanol–water partition coefficient (Wildman–Crippen LogP) is 0.650. The summed E-state index contributed by atoms with van der Waals surface area (Å²) in [5.41, 5.74) is 4.13. The number of anilines is 2. The minimum atomic E-state index is -4.61. The van der Waals surface area contributed by atoms with Crippen molar-refractivity contribution in [2.75, 3.05) is 30.8 Å². The van der Waals surface area contributed by atoms with Crippen molar-refractivity contribution in [2.45, 2.75) is 13.1 Å². The number of rotatable bonds is 4. The van der Waals surface area contributed by atoms with Gasteiger partial charge in [-0.3, -0.25) is 4.79 Å². The lowest BCUT2D eigenvalue weighted by Crippen LogP contribution is -2.36. The molecule has 1 aromatic rings. The zero-order chi connectivity index (χ0) is 14.6. The molecule has 6 nitrogen and oxygen atoms in total. The summed E-state index contributed by atoms with van der Waals surface area (Å²) in [5, 5.41) is 2.38. The van der Waals surface area contributed by atoms with E-state index in [1.807, 2.05) is 0 Å². The van der Waals surface area contributed by atoms with Gasteiger partial charge >= 0.3 is 6.18 Å². The maximum absolute atomic E-state index is 12.6. The van der Waals surface area contributed by atoms with Crippen LogP contribution in [0, 0.1) is 0 Å². The van der Waals surface area contributed by atoms with E-state index in [9.17, 15) is 18.0 Å². The van der Waals surface area contributed by atoms with Crippen LogP contribution < -0.4 is 16.0 Å². The van der Waals surface area contributed by atoms with Crippen molar-refractivity contribution in [3.05, 3.63) is 11.8 Å². The first-order valence-electron chi connectivity index (χ1n) is 5.45. The highest BCUT2D eigenvalue weighted by Gasteiger charge is 2.34. The van der Waals surface area contributed by atoms with Gasteiger partial charge in [0.15, 0.2) is 5.69 Å².